The molecule has 2 heterocycles. The van der Waals surface area contributed by atoms with Gasteiger partial charge in [0.25, 0.3) is 0 Å². The molecule has 0 saturated heterocycles. The van der Waals surface area contributed by atoms with Gasteiger partial charge in [0.1, 0.15) is 0 Å². The normalized spacial score (nSPS) is 19.3. The molecule has 3 rings (SSSR count). The monoisotopic (exact) mass is 465 g/mol. The second-order valence-corrected chi connectivity index (χ2v) is 10.2. The standard InChI is InChI=1S/C30H47N3O/c1-4-7-10-22-34-28(6-3)13-9-8-12-27-20-21-31-30(33-27)26-18-19-29(32-23-26)25-16-14-24(11-5-2)15-17-25/h18-21,23-25,28H,4-17,22H2,1-3H3. The third-order valence-electron chi connectivity index (χ3n) is 7.49. The van der Waals surface area contributed by atoms with Crippen LogP contribution in [0.3, 0.4) is 0 Å². The second-order valence-electron chi connectivity index (χ2n) is 10.2. The maximum absolute atomic E-state index is 6.06. The maximum Gasteiger partial charge on any atom is 0.160 e. The zero-order valence-electron chi connectivity index (χ0n) is 22.0. The molecular formula is C30H47N3O. The number of pyridine rings is 1. The maximum atomic E-state index is 6.06. The highest BCUT2D eigenvalue weighted by Crippen LogP contribution is 2.37. The third-order valence-corrected chi connectivity index (χ3v) is 7.49. The Labute approximate surface area is 208 Å². The van der Waals surface area contributed by atoms with E-state index in [9.17, 15) is 0 Å². The van der Waals surface area contributed by atoms with E-state index in [-0.39, 0.29) is 0 Å². The molecule has 0 bridgehead atoms. The minimum atomic E-state index is 0.407. The first-order chi connectivity index (χ1) is 16.7. The van der Waals surface area contributed by atoms with Crippen LogP contribution in [0.4, 0.5) is 0 Å². The van der Waals surface area contributed by atoms with Crippen molar-refractivity contribution in [1.82, 2.24) is 15.0 Å². The summed E-state index contributed by atoms with van der Waals surface area (Å²) in [6, 6.07) is 6.43. The van der Waals surface area contributed by atoms with Gasteiger partial charge in [-0.3, -0.25) is 4.98 Å². The molecule has 1 aliphatic carbocycles. The SMILES string of the molecule is CCCCCOC(CC)CCCCc1ccnc(-c2ccc(C3CCC(CCC)CC3)nc2)n1. The molecule has 0 aromatic carbocycles. The Morgan fingerprint density at radius 1 is 0.912 bits per heavy atom. The van der Waals surface area contributed by atoms with Crippen LogP contribution in [0.15, 0.2) is 30.6 Å². The van der Waals surface area contributed by atoms with Crippen molar-refractivity contribution in [3.05, 3.63) is 42.0 Å². The highest BCUT2D eigenvalue weighted by molar-refractivity contribution is 5.53. The minimum Gasteiger partial charge on any atom is -0.378 e. The van der Waals surface area contributed by atoms with E-state index in [2.05, 4.69) is 44.0 Å². The average Bonchev–Trinajstić information content (AvgIpc) is 2.89. The fourth-order valence-electron chi connectivity index (χ4n) is 5.29. The van der Waals surface area contributed by atoms with Crippen LogP contribution in [0.25, 0.3) is 11.4 Å². The molecule has 1 fully saturated rings. The molecule has 0 radical (unpaired) electrons. The molecular weight excluding hydrogens is 418 g/mol. The van der Waals surface area contributed by atoms with Crippen molar-refractivity contribution in [1.29, 1.82) is 0 Å². The molecule has 2 aromatic heterocycles. The lowest BCUT2D eigenvalue weighted by molar-refractivity contribution is 0.0410. The van der Waals surface area contributed by atoms with Gasteiger partial charge in [0, 0.05) is 41.9 Å². The highest BCUT2D eigenvalue weighted by atomic mass is 16.5. The van der Waals surface area contributed by atoms with Crippen LogP contribution in [-0.2, 0) is 11.2 Å². The molecule has 188 valence electrons. The van der Waals surface area contributed by atoms with E-state index in [0.29, 0.717) is 12.0 Å². The fraction of sp³-hybridized carbons (Fsp3) is 0.700. The lowest BCUT2D eigenvalue weighted by Crippen LogP contribution is -2.14. The summed E-state index contributed by atoms with van der Waals surface area (Å²) in [4.78, 5) is 14.2. The largest absolute Gasteiger partial charge is 0.378 e. The van der Waals surface area contributed by atoms with E-state index in [1.807, 2.05) is 12.4 Å². The Bertz CT molecular complexity index is 799. The van der Waals surface area contributed by atoms with Crippen LogP contribution in [-0.4, -0.2) is 27.7 Å². The summed E-state index contributed by atoms with van der Waals surface area (Å²) in [5.74, 6) is 2.36. The molecule has 1 saturated carbocycles. The molecule has 0 amide bonds. The number of unbranched alkanes of at least 4 members (excludes halogenated alkanes) is 3. The van der Waals surface area contributed by atoms with Crippen LogP contribution in [0.5, 0.6) is 0 Å². The Hall–Kier alpha value is -1.81. The molecule has 1 aliphatic rings. The first-order valence-corrected chi connectivity index (χ1v) is 14.1. The number of hydrogen-bond acceptors (Lipinski definition) is 4. The Balaban J connectivity index is 1.45. The number of aromatic nitrogens is 3. The van der Waals surface area contributed by atoms with Gasteiger partial charge in [0.05, 0.1) is 6.10 Å². The summed E-state index contributed by atoms with van der Waals surface area (Å²) in [5.41, 5.74) is 3.40. The van der Waals surface area contributed by atoms with Crippen LogP contribution in [0.2, 0.25) is 0 Å². The smallest absolute Gasteiger partial charge is 0.160 e. The average molecular weight is 466 g/mol. The summed E-state index contributed by atoms with van der Waals surface area (Å²) in [5, 5.41) is 0. The van der Waals surface area contributed by atoms with E-state index in [0.717, 1.165) is 55.3 Å². The predicted octanol–water partition coefficient (Wildman–Crippen LogP) is 8.31. The Morgan fingerprint density at radius 2 is 1.76 bits per heavy atom. The van der Waals surface area contributed by atoms with E-state index in [1.54, 1.807) is 0 Å². The van der Waals surface area contributed by atoms with E-state index >= 15 is 0 Å². The van der Waals surface area contributed by atoms with Crippen molar-refractivity contribution < 1.29 is 4.74 Å². The molecule has 1 unspecified atom stereocenters. The molecule has 4 nitrogen and oxygen atoms in total. The van der Waals surface area contributed by atoms with E-state index in [4.69, 9.17) is 14.7 Å². The van der Waals surface area contributed by atoms with Crippen molar-refractivity contribution in [2.75, 3.05) is 6.61 Å². The van der Waals surface area contributed by atoms with Gasteiger partial charge in [0.2, 0.25) is 0 Å². The number of nitrogens with zero attached hydrogens (tertiary/aromatic N) is 3. The van der Waals surface area contributed by atoms with Gasteiger partial charge in [-0.15, -0.1) is 0 Å². The zero-order valence-corrected chi connectivity index (χ0v) is 22.0. The van der Waals surface area contributed by atoms with Crippen molar-refractivity contribution >= 4 is 0 Å². The van der Waals surface area contributed by atoms with E-state index < -0.39 is 0 Å². The fourth-order valence-corrected chi connectivity index (χ4v) is 5.29. The second kappa shape index (κ2) is 15.2. The number of rotatable bonds is 15. The summed E-state index contributed by atoms with van der Waals surface area (Å²) >= 11 is 0. The topological polar surface area (TPSA) is 47.9 Å². The van der Waals surface area contributed by atoms with Crippen LogP contribution in [0, 0.1) is 5.92 Å². The quantitative estimate of drug-likeness (QED) is 0.248. The van der Waals surface area contributed by atoms with Crippen molar-refractivity contribution in [3.63, 3.8) is 0 Å². The van der Waals surface area contributed by atoms with Gasteiger partial charge in [-0.25, -0.2) is 9.97 Å². The number of hydrogen-bond donors (Lipinski definition) is 0. The first-order valence-electron chi connectivity index (χ1n) is 14.1. The highest BCUT2D eigenvalue weighted by Gasteiger charge is 2.22. The van der Waals surface area contributed by atoms with Gasteiger partial charge >= 0.3 is 0 Å². The number of ether oxygens (including phenoxy) is 1. The molecule has 0 aliphatic heterocycles. The minimum absolute atomic E-state index is 0.407. The molecule has 4 heteroatoms. The molecule has 1 atom stereocenters. The summed E-state index contributed by atoms with van der Waals surface area (Å²) in [6.07, 6.45) is 21.5. The lowest BCUT2D eigenvalue weighted by atomic mass is 9.78. The summed E-state index contributed by atoms with van der Waals surface area (Å²) in [6.45, 7) is 7.68. The van der Waals surface area contributed by atoms with Crippen molar-refractivity contribution in [2.24, 2.45) is 5.92 Å². The van der Waals surface area contributed by atoms with Crippen molar-refractivity contribution in [3.8, 4) is 11.4 Å². The van der Waals surface area contributed by atoms with Gasteiger partial charge in [-0.05, 0) is 81.9 Å². The Morgan fingerprint density at radius 3 is 2.47 bits per heavy atom. The first kappa shape index (κ1) is 26.8. The Kier molecular flexibility index (Phi) is 12.0. The number of aryl methyl sites for hydroxylation is 1. The van der Waals surface area contributed by atoms with Gasteiger partial charge < -0.3 is 4.74 Å². The molecule has 0 N–H and O–H groups in total. The van der Waals surface area contributed by atoms with Crippen LogP contribution >= 0.6 is 0 Å². The van der Waals surface area contributed by atoms with Crippen LogP contribution < -0.4 is 0 Å². The van der Waals surface area contributed by atoms with E-state index in [1.165, 1.54) is 69.9 Å². The molecule has 2 aromatic rings. The molecule has 34 heavy (non-hydrogen) atoms. The van der Waals surface area contributed by atoms with Crippen molar-refractivity contribution in [2.45, 2.75) is 123 Å². The molecule has 0 spiro atoms. The third kappa shape index (κ3) is 8.76. The summed E-state index contributed by atoms with van der Waals surface area (Å²) in [7, 11) is 0. The zero-order chi connectivity index (χ0) is 24.0. The summed E-state index contributed by atoms with van der Waals surface area (Å²) < 4.78 is 6.06. The van der Waals surface area contributed by atoms with Crippen LogP contribution in [0.1, 0.15) is 122 Å². The predicted molar refractivity (Wildman–Crippen MR) is 142 cm³/mol. The van der Waals surface area contributed by atoms with Gasteiger partial charge in [-0.1, -0.05) is 52.9 Å². The van der Waals surface area contributed by atoms with Gasteiger partial charge in [0.15, 0.2) is 5.82 Å². The van der Waals surface area contributed by atoms with Gasteiger partial charge in [-0.2, -0.15) is 0 Å². The lowest BCUT2D eigenvalue weighted by Gasteiger charge is -2.28.